The van der Waals surface area contributed by atoms with E-state index in [0.29, 0.717) is 12.3 Å². The number of hydrogen-bond donors (Lipinski definition) is 1. The van der Waals surface area contributed by atoms with Crippen molar-refractivity contribution >= 4 is 23.5 Å². The molecule has 2 aromatic carbocycles. The van der Waals surface area contributed by atoms with Crippen molar-refractivity contribution in [2.24, 2.45) is 5.73 Å². The maximum Gasteiger partial charge on any atom is 0.338 e. The van der Waals surface area contributed by atoms with Crippen molar-refractivity contribution < 1.29 is 23.9 Å². The molecule has 1 aliphatic rings. The van der Waals surface area contributed by atoms with Gasteiger partial charge < -0.3 is 20.1 Å². The maximum atomic E-state index is 12.7. The molecule has 0 saturated carbocycles. The number of nitrogens with zero attached hydrogens (tertiary/aromatic N) is 1. The minimum Gasteiger partial charge on any atom is -0.484 e. The summed E-state index contributed by atoms with van der Waals surface area (Å²) in [5.74, 6) is -1.04. The van der Waals surface area contributed by atoms with Gasteiger partial charge >= 0.3 is 5.97 Å². The van der Waals surface area contributed by atoms with Crippen LogP contribution in [0.1, 0.15) is 22.8 Å². The number of hydrogen-bond acceptors (Lipinski definition) is 5. The Morgan fingerprint density at radius 2 is 1.81 bits per heavy atom. The molecule has 2 amide bonds. The van der Waals surface area contributed by atoms with Crippen LogP contribution in [0.15, 0.2) is 48.5 Å². The van der Waals surface area contributed by atoms with E-state index in [-0.39, 0.29) is 18.1 Å². The average molecular weight is 368 g/mol. The molecule has 0 aromatic heterocycles. The predicted molar refractivity (Wildman–Crippen MR) is 98.5 cm³/mol. The van der Waals surface area contributed by atoms with Gasteiger partial charge in [-0.15, -0.1) is 0 Å². The SMILES string of the molecule is C[C@H](OC(=O)c1ccc(OCC(N)=O)cc1)C(=O)N1CCc2ccccc21. The van der Waals surface area contributed by atoms with Crippen LogP contribution in [-0.2, 0) is 20.7 Å². The van der Waals surface area contributed by atoms with E-state index in [9.17, 15) is 14.4 Å². The van der Waals surface area contributed by atoms with Crippen molar-refractivity contribution in [1.82, 2.24) is 0 Å². The Morgan fingerprint density at radius 1 is 1.11 bits per heavy atom. The van der Waals surface area contributed by atoms with E-state index < -0.39 is 18.0 Å². The van der Waals surface area contributed by atoms with E-state index >= 15 is 0 Å². The third-order valence-electron chi connectivity index (χ3n) is 4.26. The van der Waals surface area contributed by atoms with Crippen LogP contribution in [0.25, 0.3) is 0 Å². The minimum atomic E-state index is -0.908. The summed E-state index contributed by atoms with van der Waals surface area (Å²) < 4.78 is 10.5. The zero-order chi connectivity index (χ0) is 19.4. The van der Waals surface area contributed by atoms with Crippen LogP contribution in [0.4, 0.5) is 5.69 Å². The van der Waals surface area contributed by atoms with Crippen LogP contribution in [0.2, 0.25) is 0 Å². The van der Waals surface area contributed by atoms with Gasteiger partial charge in [0.05, 0.1) is 5.56 Å². The first kappa shape index (κ1) is 18.4. The highest BCUT2D eigenvalue weighted by molar-refractivity contribution is 6.00. The summed E-state index contributed by atoms with van der Waals surface area (Å²) in [4.78, 5) is 37.3. The zero-order valence-electron chi connectivity index (χ0n) is 14.9. The summed E-state index contributed by atoms with van der Waals surface area (Å²) in [6.07, 6.45) is -0.121. The normalized spacial score (nSPS) is 13.6. The Bertz CT molecular complexity index is 863. The van der Waals surface area contributed by atoms with Crippen molar-refractivity contribution in [2.45, 2.75) is 19.4 Å². The van der Waals surface area contributed by atoms with Gasteiger partial charge in [-0.1, -0.05) is 18.2 Å². The van der Waals surface area contributed by atoms with Crippen LogP contribution in [0, 0.1) is 0 Å². The summed E-state index contributed by atoms with van der Waals surface area (Å²) in [5.41, 5.74) is 7.26. The second-order valence-corrected chi connectivity index (χ2v) is 6.20. The quantitative estimate of drug-likeness (QED) is 0.782. The number of benzene rings is 2. The van der Waals surface area contributed by atoms with E-state index in [1.807, 2.05) is 24.3 Å². The first-order chi connectivity index (χ1) is 13.0. The lowest BCUT2D eigenvalue weighted by molar-refractivity contribution is -0.126. The molecule has 2 aromatic rings. The Balaban J connectivity index is 1.60. The van der Waals surface area contributed by atoms with Gasteiger partial charge in [-0.25, -0.2) is 4.79 Å². The minimum absolute atomic E-state index is 0.243. The third-order valence-corrected chi connectivity index (χ3v) is 4.26. The number of primary amides is 1. The van der Waals surface area contributed by atoms with Crippen LogP contribution in [0.5, 0.6) is 5.75 Å². The van der Waals surface area contributed by atoms with Crippen LogP contribution >= 0.6 is 0 Å². The van der Waals surface area contributed by atoms with Crippen molar-refractivity contribution in [2.75, 3.05) is 18.1 Å². The smallest absolute Gasteiger partial charge is 0.338 e. The lowest BCUT2D eigenvalue weighted by Crippen LogP contribution is -2.39. The second kappa shape index (κ2) is 7.90. The van der Waals surface area contributed by atoms with Gasteiger partial charge in [-0.3, -0.25) is 9.59 Å². The van der Waals surface area contributed by atoms with Gasteiger partial charge in [-0.2, -0.15) is 0 Å². The molecule has 3 rings (SSSR count). The standard InChI is InChI=1S/C20H20N2O5/c1-13(19(24)22-11-10-14-4-2-3-5-17(14)22)27-20(25)15-6-8-16(9-7-15)26-12-18(21)23/h2-9,13H,10-12H2,1H3,(H2,21,23)/t13-/m0/s1. The second-order valence-electron chi connectivity index (χ2n) is 6.20. The molecule has 0 fully saturated rings. The lowest BCUT2D eigenvalue weighted by atomic mass is 10.2. The molecule has 7 heteroatoms. The third kappa shape index (κ3) is 4.25. The summed E-state index contributed by atoms with van der Waals surface area (Å²) in [6, 6.07) is 13.8. The maximum absolute atomic E-state index is 12.7. The fourth-order valence-electron chi connectivity index (χ4n) is 2.91. The number of ether oxygens (including phenoxy) is 2. The number of para-hydroxylation sites is 1. The zero-order valence-corrected chi connectivity index (χ0v) is 14.9. The molecule has 0 unspecified atom stereocenters. The van der Waals surface area contributed by atoms with E-state index in [1.54, 1.807) is 11.8 Å². The number of carbonyl (C=O) groups excluding carboxylic acids is 3. The topological polar surface area (TPSA) is 98.9 Å². The van der Waals surface area contributed by atoms with Crippen molar-refractivity contribution in [3.05, 3.63) is 59.7 Å². The summed E-state index contributed by atoms with van der Waals surface area (Å²) >= 11 is 0. The summed E-state index contributed by atoms with van der Waals surface area (Å²) in [7, 11) is 0. The van der Waals surface area contributed by atoms with Crippen molar-refractivity contribution in [3.8, 4) is 5.75 Å². The van der Waals surface area contributed by atoms with Gasteiger partial charge in [0.25, 0.3) is 11.8 Å². The van der Waals surface area contributed by atoms with Gasteiger partial charge in [0.2, 0.25) is 0 Å². The molecule has 140 valence electrons. The van der Waals surface area contributed by atoms with E-state index in [2.05, 4.69) is 0 Å². The van der Waals surface area contributed by atoms with Crippen molar-refractivity contribution in [1.29, 1.82) is 0 Å². The summed E-state index contributed by atoms with van der Waals surface area (Å²) in [5, 5.41) is 0. The number of esters is 1. The van der Waals surface area contributed by atoms with E-state index in [1.165, 1.54) is 24.3 Å². The Morgan fingerprint density at radius 3 is 2.52 bits per heavy atom. The average Bonchev–Trinajstić information content (AvgIpc) is 3.10. The van der Waals surface area contributed by atoms with Crippen LogP contribution in [0.3, 0.4) is 0 Å². The fraction of sp³-hybridized carbons (Fsp3) is 0.250. The Hall–Kier alpha value is -3.35. The van der Waals surface area contributed by atoms with E-state index in [4.69, 9.17) is 15.2 Å². The molecule has 2 N–H and O–H groups in total. The first-order valence-corrected chi connectivity index (χ1v) is 8.57. The highest BCUT2D eigenvalue weighted by Gasteiger charge is 2.29. The molecule has 0 saturated heterocycles. The van der Waals surface area contributed by atoms with Gasteiger partial charge in [0, 0.05) is 12.2 Å². The highest BCUT2D eigenvalue weighted by Crippen LogP contribution is 2.28. The fourth-order valence-corrected chi connectivity index (χ4v) is 2.91. The number of fused-ring (bicyclic) bond motifs is 1. The first-order valence-electron chi connectivity index (χ1n) is 8.57. The molecule has 27 heavy (non-hydrogen) atoms. The number of carbonyl (C=O) groups is 3. The van der Waals surface area contributed by atoms with E-state index in [0.717, 1.165) is 17.7 Å². The predicted octanol–water partition coefficient (Wildman–Crippen LogP) is 1.69. The monoisotopic (exact) mass is 368 g/mol. The highest BCUT2D eigenvalue weighted by atomic mass is 16.5. The Kier molecular flexibility index (Phi) is 5.40. The number of amides is 2. The summed E-state index contributed by atoms with van der Waals surface area (Å²) in [6.45, 7) is 1.89. The van der Waals surface area contributed by atoms with Crippen molar-refractivity contribution in [3.63, 3.8) is 0 Å². The number of nitrogens with two attached hydrogens (primary N) is 1. The van der Waals surface area contributed by atoms with Gasteiger partial charge in [0.1, 0.15) is 5.75 Å². The molecule has 1 aliphatic heterocycles. The van der Waals surface area contributed by atoms with Gasteiger partial charge in [0.15, 0.2) is 12.7 Å². The van der Waals surface area contributed by atoms with Crippen LogP contribution < -0.4 is 15.4 Å². The molecule has 7 nitrogen and oxygen atoms in total. The van der Waals surface area contributed by atoms with Crippen LogP contribution in [-0.4, -0.2) is 37.0 Å². The number of rotatable bonds is 6. The lowest BCUT2D eigenvalue weighted by Gasteiger charge is -2.21. The molecule has 0 radical (unpaired) electrons. The molecule has 0 aliphatic carbocycles. The van der Waals surface area contributed by atoms with Gasteiger partial charge in [-0.05, 0) is 49.2 Å². The molecule has 0 spiro atoms. The molecular formula is C20H20N2O5. The molecule has 1 atom stereocenters. The largest absolute Gasteiger partial charge is 0.484 e. The molecule has 0 bridgehead atoms. The molecular weight excluding hydrogens is 348 g/mol. The number of anilines is 1. The Labute approximate surface area is 156 Å². The molecule has 1 heterocycles.